The standard InChI is InChI=1S/C19H23Cl2N3O4S2/c1-12-10-15(16(28-3)11-14(12)20)22-19(25)13(2)23-6-8-24(9-7-23)30(26,27)18-5-4-17(21)29-18/h4-5,10-11,13H,6-9H2,1-3H3,(H,22,25). The van der Waals surface area contributed by atoms with Crippen LogP contribution in [0, 0.1) is 6.92 Å². The van der Waals surface area contributed by atoms with Crippen LogP contribution in [-0.2, 0) is 14.8 Å². The predicted molar refractivity (Wildman–Crippen MR) is 120 cm³/mol. The highest BCUT2D eigenvalue weighted by atomic mass is 35.5. The molecule has 1 N–H and O–H groups in total. The third-order valence-electron chi connectivity index (χ3n) is 5.08. The lowest BCUT2D eigenvalue weighted by Gasteiger charge is -2.36. The Labute approximate surface area is 190 Å². The number of rotatable bonds is 6. The van der Waals surface area contributed by atoms with Crippen LogP contribution in [0.1, 0.15) is 12.5 Å². The second-order valence-electron chi connectivity index (χ2n) is 6.97. The van der Waals surface area contributed by atoms with Crippen LogP contribution >= 0.6 is 34.5 Å². The van der Waals surface area contributed by atoms with Gasteiger partial charge in [-0.2, -0.15) is 4.31 Å². The molecule has 0 bridgehead atoms. The fourth-order valence-electron chi connectivity index (χ4n) is 3.23. The van der Waals surface area contributed by atoms with Gasteiger partial charge in [0.25, 0.3) is 10.0 Å². The van der Waals surface area contributed by atoms with E-state index < -0.39 is 16.1 Å². The highest BCUT2D eigenvalue weighted by Gasteiger charge is 2.32. The number of hydrogen-bond donors (Lipinski definition) is 1. The zero-order valence-corrected chi connectivity index (χ0v) is 20.0. The number of amides is 1. The van der Waals surface area contributed by atoms with Crippen molar-refractivity contribution in [3.05, 3.63) is 39.2 Å². The number of halogens is 2. The Morgan fingerprint density at radius 2 is 1.87 bits per heavy atom. The normalized spacial score (nSPS) is 17.0. The summed E-state index contributed by atoms with van der Waals surface area (Å²) in [5, 5.41) is 3.45. The molecule has 1 aromatic heterocycles. The van der Waals surface area contributed by atoms with Crippen LogP contribution in [0.15, 0.2) is 28.5 Å². The summed E-state index contributed by atoms with van der Waals surface area (Å²) in [6, 6.07) is 6.09. The molecule has 3 rings (SSSR count). The maximum atomic E-state index is 12.8. The number of piperazine rings is 1. The molecule has 7 nitrogen and oxygen atoms in total. The number of sulfonamides is 1. The summed E-state index contributed by atoms with van der Waals surface area (Å²) in [4.78, 5) is 14.7. The van der Waals surface area contributed by atoms with Gasteiger partial charge < -0.3 is 10.1 Å². The molecule has 0 saturated carbocycles. The van der Waals surface area contributed by atoms with E-state index >= 15 is 0 Å². The molecule has 1 aliphatic rings. The predicted octanol–water partition coefficient (Wildman–Crippen LogP) is 3.71. The summed E-state index contributed by atoms with van der Waals surface area (Å²) in [7, 11) is -2.05. The van der Waals surface area contributed by atoms with E-state index in [2.05, 4.69) is 5.32 Å². The van der Waals surface area contributed by atoms with E-state index in [1.165, 1.54) is 17.5 Å². The van der Waals surface area contributed by atoms with E-state index in [4.69, 9.17) is 27.9 Å². The average Bonchev–Trinajstić information content (AvgIpc) is 3.17. The van der Waals surface area contributed by atoms with Gasteiger partial charge in [0.2, 0.25) is 5.91 Å². The number of benzene rings is 1. The molecule has 164 valence electrons. The van der Waals surface area contributed by atoms with E-state index in [1.807, 2.05) is 11.8 Å². The first-order valence-corrected chi connectivity index (χ1v) is 12.3. The van der Waals surface area contributed by atoms with Crippen molar-refractivity contribution in [1.29, 1.82) is 0 Å². The Morgan fingerprint density at radius 1 is 1.20 bits per heavy atom. The highest BCUT2D eigenvalue weighted by molar-refractivity contribution is 7.91. The second-order valence-corrected chi connectivity index (χ2v) is 11.3. The van der Waals surface area contributed by atoms with Gasteiger partial charge in [0.1, 0.15) is 9.96 Å². The quantitative estimate of drug-likeness (QED) is 0.666. The lowest BCUT2D eigenvalue weighted by Crippen LogP contribution is -2.53. The molecule has 1 atom stereocenters. The summed E-state index contributed by atoms with van der Waals surface area (Å²) < 4.78 is 32.9. The summed E-state index contributed by atoms with van der Waals surface area (Å²) in [5.74, 6) is 0.285. The number of methoxy groups -OCH3 is 1. The third-order valence-corrected chi connectivity index (χ3v) is 9.09. The van der Waals surface area contributed by atoms with Crippen LogP contribution in [0.4, 0.5) is 5.69 Å². The van der Waals surface area contributed by atoms with Gasteiger partial charge in [-0.1, -0.05) is 23.2 Å². The van der Waals surface area contributed by atoms with Gasteiger partial charge in [-0.25, -0.2) is 8.42 Å². The van der Waals surface area contributed by atoms with Crippen molar-refractivity contribution in [2.75, 3.05) is 38.6 Å². The zero-order valence-electron chi connectivity index (χ0n) is 16.8. The Morgan fingerprint density at radius 3 is 2.43 bits per heavy atom. The molecule has 1 saturated heterocycles. The van der Waals surface area contributed by atoms with Crippen molar-refractivity contribution in [3.8, 4) is 5.75 Å². The van der Waals surface area contributed by atoms with Crippen LogP contribution < -0.4 is 10.1 Å². The zero-order chi connectivity index (χ0) is 22.1. The SMILES string of the molecule is COc1cc(Cl)c(C)cc1NC(=O)C(C)N1CCN(S(=O)(=O)c2ccc(Cl)s2)CC1. The molecule has 11 heteroatoms. The lowest BCUT2D eigenvalue weighted by molar-refractivity contribution is -0.121. The molecule has 1 unspecified atom stereocenters. The van der Waals surface area contributed by atoms with Gasteiger partial charge in [-0.05, 0) is 37.6 Å². The number of thiophene rings is 1. The highest BCUT2D eigenvalue weighted by Crippen LogP contribution is 2.31. The van der Waals surface area contributed by atoms with Crippen LogP contribution in [0.3, 0.4) is 0 Å². The Hall–Kier alpha value is -1.36. The lowest BCUT2D eigenvalue weighted by atomic mass is 10.1. The van der Waals surface area contributed by atoms with Gasteiger partial charge in [-0.3, -0.25) is 9.69 Å². The third kappa shape index (κ3) is 4.92. The van der Waals surface area contributed by atoms with E-state index in [-0.39, 0.29) is 10.1 Å². The van der Waals surface area contributed by atoms with Crippen molar-refractivity contribution in [1.82, 2.24) is 9.21 Å². The fourth-order valence-corrected chi connectivity index (χ4v) is 6.44. The van der Waals surface area contributed by atoms with E-state index in [9.17, 15) is 13.2 Å². The van der Waals surface area contributed by atoms with Gasteiger partial charge >= 0.3 is 0 Å². The van der Waals surface area contributed by atoms with Crippen molar-refractivity contribution in [2.45, 2.75) is 24.1 Å². The van der Waals surface area contributed by atoms with Gasteiger partial charge in [0.15, 0.2) is 0 Å². The molecular weight excluding hydrogens is 469 g/mol. The van der Waals surface area contributed by atoms with E-state index in [0.717, 1.165) is 16.9 Å². The molecule has 1 aromatic carbocycles. The minimum absolute atomic E-state index is 0.198. The number of carbonyl (C=O) groups is 1. The minimum Gasteiger partial charge on any atom is -0.495 e. The van der Waals surface area contributed by atoms with Crippen LogP contribution in [0.25, 0.3) is 0 Å². The largest absolute Gasteiger partial charge is 0.495 e. The monoisotopic (exact) mass is 491 g/mol. The number of nitrogens with one attached hydrogen (secondary N) is 1. The average molecular weight is 492 g/mol. The molecule has 2 aromatic rings. The summed E-state index contributed by atoms with van der Waals surface area (Å²) >= 11 is 13.0. The fraction of sp³-hybridized carbons (Fsp3) is 0.421. The number of hydrogen-bond acceptors (Lipinski definition) is 6. The van der Waals surface area contributed by atoms with Crippen molar-refractivity contribution in [3.63, 3.8) is 0 Å². The smallest absolute Gasteiger partial charge is 0.252 e. The van der Waals surface area contributed by atoms with Crippen molar-refractivity contribution in [2.24, 2.45) is 0 Å². The first-order valence-electron chi connectivity index (χ1n) is 9.28. The summed E-state index contributed by atoms with van der Waals surface area (Å²) in [6.07, 6.45) is 0. The van der Waals surface area contributed by atoms with Crippen molar-refractivity contribution >= 4 is 56.2 Å². The Balaban J connectivity index is 1.63. The summed E-state index contributed by atoms with van der Waals surface area (Å²) in [5.41, 5.74) is 1.37. The molecule has 30 heavy (non-hydrogen) atoms. The Bertz CT molecular complexity index is 1030. The van der Waals surface area contributed by atoms with E-state index in [1.54, 1.807) is 25.1 Å². The van der Waals surface area contributed by atoms with Crippen LogP contribution in [-0.4, -0.2) is 62.9 Å². The van der Waals surface area contributed by atoms with Crippen molar-refractivity contribution < 1.29 is 17.9 Å². The number of ether oxygens (including phenoxy) is 1. The van der Waals surface area contributed by atoms with Crippen LogP contribution in [0.2, 0.25) is 9.36 Å². The van der Waals surface area contributed by atoms with Crippen LogP contribution in [0.5, 0.6) is 5.75 Å². The molecule has 1 amide bonds. The van der Waals surface area contributed by atoms with Gasteiger partial charge in [0.05, 0.1) is 23.2 Å². The minimum atomic E-state index is -3.57. The topological polar surface area (TPSA) is 79.0 Å². The molecule has 2 heterocycles. The van der Waals surface area contributed by atoms with Gasteiger partial charge in [0, 0.05) is 37.3 Å². The molecule has 0 spiro atoms. The first kappa shape index (κ1) is 23.3. The summed E-state index contributed by atoms with van der Waals surface area (Å²) in [6.45, 7) is 5.15. The number of aryl methyl sites for hydroxylation is 1. The van der Waals surface area contributed by atoms with Gasteiger partial charge in [-0.15, -0.1) is 11.3 Å². The molecule has 1 fully saturated rings. The number of carbonyl (C=O) groups excluding carboxylic acids is 1. The molecular formula is C19H23Cl2N3O4S2. The molecule has 1 aliphatic heterocycles. The molecule has 0 radical (unpaired) electrons. The maximum Gasteiger partial charge on any atom is 0.252 e. The first-order chi connectivity index (χ1) is 14.1. The second kappa shape index (κ2) is 9.42. The van der Waals surface area contributed by atoms with E-state index in [0.29, 0.717) is 47.0 Å². The Kier molecular flexibility index (Phi) is 7.32. The molecule has 0 aliphatic carbocycles. The maximum absolute atomic E-state index is 12.8. The number of anilines is 1. The number of nitrogens with zero attached hydrogens (tertiary/aromatic N) is 2.